The van der Waals surface area contributed by atoms with E-state index in [1.165, 1.54) is 18.2 Å². The van der Waals surface area contributed by atoms with E-state index >= 15 is 0 Å². The van der Waals surface area contributed by atoms with Crippen molar-refractivity contribution in [1.29, 1.82) is 0 Å². The van der Waals surface area contributed by atoms with Gasteiger partial charge >= 0.3 is 0 Å². The molecule has 1 aromatic heterocycles. The lowest BCUT2D eigenvalue weighted by atomic mass is 10.1. The molecule has 3 aromatic rings. The van der Waals surface area contributed by atoms with Crippen LogP contribution in [0.3, 0.4) is 0 Å². The number of rotatable bonds is 3. The van der Waals surface area contributed by atoms with Crippen molar-refractivity contribution in [1.82, 2.24) is 4.98 Å². The average Bonchev–Trinajstić information content (AvgIpc) is 2.54. The highest BCUT2D eigenvalue weighted by atomic mass is 16.6. The van der Waals surface area contributed by atoms with Gasteiger partial charge in [-0.15, -0.1) is 0 Å². The van der Waals surface area contributed by atoms with Gasteiger partial charge in [0.25, 0.3) is 11.6 Å². The van der Waals surface area contributed by atoms with Gasteiger partial charge in [-0.05, 0) is 50.2 Å². The Morgan fingerprint density at radius 1 is 1.12 bits per heavy atom. The number of aromatic nitrogens is 1. The summed E-state index contributed by atoms with van der Waals surface area (Å²) < 4.78 is 0. The van der Waals surface area contributed by atoms with Gasteiger partial charge in [-0.3, -0.25) is 19.9 Å². The van der Waals surface area contributed by atoms with Crippen LogP contribution < -0.4 is 5.32 Å². The first-order valence-corrected chi connectivity index (χ1v) is 7.38. The van der Waals surface area contributed by atoms with Gasteiger partial charge in [0.15, 0.2) is 0 Å². The van der Waals surface area contributed by atoms with E-state index in [0.29, 0.717) is 16.8 Å². The van der Waals surface area contributed by atoms with Crippen molar-refractivity contribution < 1.29 is 9.72 Å². The van der Waals surface area contributed by atoms with Crippen molar-refractivity contribution in [3.8, 4) is 0 Å². The maximum atomic E-state index is 12.5. The quantitative estimate of drug-likeness (QED) is 0.583. The molecule has 0 radical (unpaired) electrons. The summed E-state index contributed by atoms with van der Waals surface area (Å²) in [6.07, 6.45) is 0. The molecule has 0 bridgehead atoms. The van der Waals surface area contributed by atoms with Gasteiger partial charge in [-0.2, -0.15) is 0 Å². The van der Waals surface area contributed by atoms with Crippen molar-refractivity contribution >= 4 is 28.2 Å². The fraction of sp³-hybridized carbons (Fsp3) is 0.111. The topological polar surface area (TPSA) is 85.1 Å². The normalized spacial score (nSPS) is 10.6. The maximum absolute atomic E-state index is 12.5. The predicted molar refractivity (Wildman–Crippen MR) is 92.3 cm³/mol. The Labute approximate surface area is 138 Å². The van der Waals surface area contributed by atoms with Crippen LogP contribution in [0.4, 0.5) is 11.4 Å². The number of hydrogen-bond acceptors (Lipinski definition) is 4. The van der Waals surface area contributed by atoms with Crippen LogP contribution >= 0.6 is 0 Å². The van der Waals surface area contributed by atoms with Crippen molar-refractivity contribution in [3.05, 3.63) is 75.5 Å². The molecule has 6 heteroatoms. The number of pyridine rings is 1. The van der Waals surface area contributed by atoms with Crippen molar-refractivity contribution in [2.24, 2.45) is 0 Å². The van der Waals surface area contributed by atoms with Crippen LogP contribution in [0.1, 0.15) is 21.6 Å². The summed E-state index contributed by atoms with van der Waals surface area (Å²) >= 11 is 0. The van der Waals surface area contributed by atoms with E-state index in [0.717, 1.165) is 16.6 Å². The fourth-order valence-corrected chi connectivity index (χ4v) is 2.56. The number of nitro benzene ring substituents is 1. The molecule has 6 nitrogen and oxygen atoms in total. The summed E-state index contributed by atoms with van der Waals surface area (Å²) in [5.74, 6) is -0.318. The molecule has 0 fully saturated rings. The fourth-order valence-electron chi connectivity index (χ4n) is 2.56. The first kappa shape index (κ1) is 15.6. The zero-order valence-electron chi connectivity index (χ0n) is 13.2. The minimum absolute atomic E-state index is 0.00335. The Bertz CT molecular complexity index is 967. The molecule has 0 aliphatic carbocycles. The van der Waals surface area contributed by atoms with Crippen molar-refractivity contribution in [2.45, 2.75) is 13.8 Å². The third kappa shape index (κ3) is 2.94. The molecule has 0 saturated carbocycles. The summed E-state index contributed by atoms with van der Waals surface area (Å²) in [5, 5.41) is 14.6. The van der Waals surface area contributed by atoms with Gasteiger partial charge in [0.05, 0.1) is 16.1 Å². The molecule has 0 aliphatic rings. The van der Waals surface area contributed by atoms with Crippen LogP contribution in [0.2, 0.25) is 0 Å². The number of nitrogens with one attached hydrogen (secondary N) is 1. The Kier molecular flexibility index (Phi) is 3.95. The molecule has 120 valence electrons. The number of amides is 1. The number of aryl methyl sites for hydroxylation is 2. The number of nitrogens with zero attached hydrogens (tertiary/aromatic N) is 2. The predicted octanol–water partition coefficient (Wildman–Crippen LogP) is 4.01. The van der Waals surface area contributed by atoms with Gasteiger partial charge in [0, 0.05) is 28.3 Å². The minimum atomic E-state index is -0.463. The zero-order valence-corrected chi connectivity index (χ0v) is 13.2. The number of nitro groups is 1. The molecule has 1 amide bonds. The number of hydrogen-bond donors (Lipinski definition) is 1. The summed E-state index contributed by atoms with van der Waals surface area (Å²) in [7, 11) is 0. The number of anilines is 1. The second-order valence-corrected chi connectivity index (χ2v) is 5.54. The molecule has 0 aliphatic heterocycles. The van der Waals surface area contributed by atoms with Crippen molar-refractivity contribution in [3.63, 3.8) is 0 Å². The Morgan fingerprint density at radius 3 is 2.62 bits per heavy atom. The second-order valence-electron chi connectivity index (χ2n) is 5.54. The second kappa shape index (κ2) is 6.08. The maximum Gasteiger partial charge on any atom is 0.272 e. The Balaban J connectivity index is 1.93. The van der Waals surface area contributed by atoms with Crippen LogP contribution in [0.5, 0.6) is 0 Å². The van der Waals surface area contributed by atoms with E-state index in [2.05, 4.69) is 10.3 Å². The standard InChI is InChI=1S/C18H15N3O3/c1-11-10-13(7-9-17(11)21(23)24)18(22)20-16-5-3-4-15-14(16)8-6-12(2)19-15/h3-10H,1-2H3,(H,20,22). The number of carbonyl (C=O) groups excluding carboxylic acids is 1. The van der Waals surface area contributed by atoms with Crippen molar-refractivity contribution in [2.75, 3.05) is 5.32 Å². The van der Waals surface area contributed by atoms with Crippen LogP contribution in [0, 0.1) is 24.0 Å². The molecule has 0 saturated heterocycles. The van der Waals surface area contributed by atoms with Gasteiger partial charge in [0.1, 0.15) is 0 Å². The SMILES string of the molecule is Cc1ccc2c(NC(=O)c3ccc([N+](=O)[O-])c(C)c3)cccc2n1. The largest absolute Gasteiger partial charge is 0.321 e. The van der Waals surface area contributed by atoms with Gasteiger partial charge in [0.2, 0.25) is 0 Å². The summed E-state index contributed by atoms with van der Waals surface area (Å²) in [4.78, 5) is 27.3. The third-order valence-electron chi connectivity index (χ3n) is 3.77. The zero-order chi connectivity index (χ0) is 17.3. The molecular formula is C18H15N3O3. The molecule has 0 atom stereocenters. The monoisotopic (exact) mass is 321 g/mol. The molecule has 1 heterocycles. The van der Waals surface area contributed by atoms with Gasteiger partial charge in [-0.1, -0.05) is 6.07 Å². The molecule has 0 unspecified atom stereocenters. The molecule has 1 N–H and O–H groups in total. The number of carbonyl (C=O) groups is 1. The lowest BCUT2D eigenvalue weighted by Crippen LogP contribution is -2.12. The molecule has 0 spiro atoms. The number of fused-ring (bicyclic) bond motifs is 1. The van der Waals surface area contributed by atoms with Gasteiger partial charge < -0.3 is 5.32 Å². The average molecular weight is 321 g/mol. The smallest absolute Gasteiger partial charge is 0.272 e. The molecular weight excluding hydrogens is 306 g/mol. The van der Waals surface area contributed by atoms with E-state index in [1.807, 2.05) is 31.2 Å². The summed E-state index contributed by atoms with van der Waals surface area (Å²) in [6, 6.07) is 13.6. The summed E-state index contributed by atoms with van der Waals surface area (Å²) in [6.45, 7) is 3.52. The summed E-state index contributed by atoms with van der Waals surface area (Å²) in [5.41, 5.74) is 3.17. The van der Waals surface area contributed by atoms with Crippen LogP contribution in [-0.2, 0) is 0 Å². The van der Waals surface area contributed by atoms with E-state index in [4.69, 9.17) is 0 Å². The van der Waals surface area contributed by atoms with E-state index in [9.17, 15) is 14.9 Å². The first-order valence-electron chi connectivity index (χ1n) is 7.38. The highest BCUT2D eigenvalue weighted by molar-refractivity contribution is 6.08. The minimum Gasteiger partial charge on any atom is -0.321 e. The highest BCUT2D eigenvalue weighted by Crippen LogP contribution is 2.24. The third-order valence-corrected chi connectivity index (χ3v) is 3.77. The lowest BCUT2D eigenvalue weighted by molar-refractivity contribution is -0.385. The van der Waals surface area contributed by atoms with Crippen LogP contribution in [-0.4, -0.2) is 15.8 Å². The molecule has 3 rings (SSSR count). The first-order chi connectivity index (χ1) is 11.5. The van der Waals surface area contributed by atoms with Crippen LogP contribution in [0.25, 0.3) is 10.9 Å². The highest BCUT2D eigenvalue weighted by Gasteiger charge is 2.14. The van der Waals surface area contributed by atoms with Crippen LogP contribution in [0.15, 0.2) is 48.5 Å². The van der Waals surface area contributed by atoms with E-state index in [-0.39, 0.29) is 11.6 Å². The van der Waals surface area contributed by atoms with E-state index in [1.54, 1.807) is 13.0 Å². The van der Waals surface area contributed by atoms with Gasteiger partial charge in [-0.25, -0.2) is 0 Å². The lowest BCUT2D eigenvalue weighted by Gasteiger charge is -2.09. The molecule has 24 heavy (non-hydrogen) atoms. The molecule has 2 aromatic carbocycles. The Hall–Kier alpha value is -3.28. The number of benzene rings is 2. The Morgan fingerprint density at radius 2 is 1.92 bits per heavy atom. The van der Waals surface area contributed by atoms with E-state index < -0.39 is 4.92 Å².